The summed E-state index contributed by atoms with van der Waals surface area (Å²) in [7, 11) is 0. The van der Waals surface area contributed by atoms with E-state index in [1.54, 1.807) is 12.1 Å². The van der Waals surface area contributed by atoms with Gasteiger partial charge in [-0.15, -0.1) is 0 Å². The van der Waals surface area contributed by atoms with Crippen LogP contribution in [0.5, 0.6) is 0 Å². The van der Waals surface area contributed by atoms with E-state index in [1.165, 1.54) is 89.9 Å². The summed E-state index contributed by atoms with van der Waals surface area (Å²) in [4.78, 5) is 0. The SMILES string of the molecule is CCCCCC1CCC2CC(C3CCC(c4ccc(Cl)c(F)c4)CC3)CCC2C1. The van der Waals surface area contributed by atoms with Crippen LogP contribution < -0.4 is 0 Å². The predicted octanol–water partition coefficient (Wildman–Crippen LogP) is 9.17. The molecule has 0 spiro atoms. The van der Waals surface area contributed by atoms with Crippen molar-refractivity contribution in [3.63, 3.8) is 0 Å². The molecule has 3 aliphatic carbocycles. The molecule has 29 heavy (non-hydrogen) atoms. The van der Waals surface area contributed by atoms with E-state index >= 15 is 0 Å². The molecule has 3 fully saturated rings. The number of benzene rings is 1. The molecule has 0 heterocycles. The Bertz CT molecular complexity index is 648. The minimum atomic E-state index is -0.255. The van der Waals surface area contributed by atoms with Crippen molar-refractivity contribution in [1.82, 2.24) is 0 Å². The minimum Gasteiger partial charge on any atom is -0.205 e. The molecule has 4 unspecified atom stereocenters. The molecule has 1 aromatic carbocycles. The normalized spacial score (nSPS) is 35.3. The third-order valence-corrected chi connectivity index (χ3v) is 9.14. The third-order valence-electron chi connectivity index (χ3n) is 8.83. The fourth-order valence-corrected chi connectivity index (χ4v) is 7.20. The van der Waals surface area contributed by atoms with Crippen molar-refractivity contribution >= 4 is 11.6 Å². The molecule has 0 aromatic heterocycles. The third kappa shape index (κ3) is 5.38. The Morgan fingerprint density at radius 3 is 2.21 bits per heavy atom. The Balaban J connectivity index is 1.24. The van der Waals surface area contributed by atoms with Crippen LogP contribution in [0.1, 0.15) is 108 Å². The first-order chi connectivity index (χ1) is 14.1. The van der Waals surface area contributed by atoms with E-state index in [9.17, 15) is 4.39 Å². The summed E-state index contributed by atoms with van der Waals surface area (Å²) in [5.74, 6) is 5.28. The van der Waals surface area contributed by atoms with Crippen molar-refractivity contribution in [2.75, 3.05) is 0 Å². The molecule has 4 rings (SSSR count). The van der Waals surface area contributed by atoms with Gasteiger partial charge in [-0.2, -0.15) is 0 Å². The first-order valence-corrected chi connectivity index (χ1v) is 13.0. The molecule has 0 nitrogen and oxygen atoms in total. The summed E-state index contributed by atoms with van der Waals surface area (Å²) in [5.41, 5.74) is 1.16. The van der Waals surface area contributed by atoms with Gasteiger partial charge in [0.25, 0.3) is 0 Å². The molecule has 0 bridgehead atoms. The highest BCUT2D eigenvalue weighted by atomic mass is 35.5. The Morgan fingerprint density at radius 1 is 0.828 bits per heavy atom. The standard InChI is InChI=1S/C27H40ClF/c1-2-3-4-5-19-6-7-24-17-23(13-12-22(24)16-19)20-8-10-21(11-9-20)25-14-15-26(28)27(29)18-25/h14-15,18-24H,2-13,16-17H2,1H3. The zero-order chi connectivity index (χ0) is 20.2. The maximum absolute atomic E-state index is 13.8. The van der Waals surface area contributed by atoms with Crippen LogP contribution in [0.15, 0.2) is 18.2 Å². The van der Waals surface area contributed by atoms with Gasteiger partial charge in [0.2, 0.25) is 0 Å². The molecule has 3 saturated carbocycles. The summed E-state index contributed by atoms with van der Waals surface area (Å²) < 4.78 is 13.8. The Hall–Kier alpha value is -0.560. The van der Waals surface area contributed by atoms with Gasteiger partial charge in [0.15, 0.2) is 0 Å². The van der Waals surface area contributed by atoms with Crippen LogP contribution in [0.25, 0.3) is 0 Å². The van der Waals surface area contributed by atoms with Gasteiger partial charge in [-0.1, -0.05) is 56.7 Å². The summed E-state index contributed by atoms with van der Waals surface area (Å²) in [6, 6.07) is 5.45. The van der Waals surface area contributed by atoms with Crippen molar-refractivity contribution < 1.29 is 4.39 Å². The number of halogens is 2. The van der Waals surface area contributed by atoms with E-state index in [1.807, 2.05) is 6.07 Å². The van der Waals surface area contributed by atoms with Crippen LogP contribution in [0.4, 0.5) is 4.39 Å². The smallest absolute Gasteiger partial charge is 0.142 e. The largest absolute Gasteiger partial charge is 0.205 e. The predicted molar refractivity (Wildman–Crippen MR) is 122 cm³/mol. The van der Waals surface area contributed by atoms with Gasteiger partial charge in [-0.25, -0.2) is 4.39 Å². The summed E-state index contributed by atoms with van der Waals surface area (Å²) in [6.45, 7) is 2.32. The van der Waals surface area contributed by atoms with Gasteiger partial charge in [0.1, 0.15) is 5.82 Å². The molecule has 1 aromatic rings. The molecule has 0 aliphatic heterocycles. The number of fused-ring (bicyclic) bond motifs is 1. The van der Waals surface area contributed by atoms with Crippen LogP contribution in [0.2, 0.25) is 5.02 Å². The number of unbranched alkanes of at least 4 members (excludes halogenated alkanes) is 2. The van der Waals surface area contributed by atoms with Crippen molar-refractivity contribution in [2.45, 2.75) is 103 Å². The molecule has 0 saturated heterocycles. The highest BCUT2D eigenvalue weighted by Gasteiger charge is 2.38. The second-order valence-electron chi connectivity index (χ2n) is 10.6. The van der Waals surface area contributed by atoms with Crippen LogP contribution in [0.3, 0.4) is 0 Å². The lowest BCUT2D eigenvalue weighted by Crippen LogP contribution is -2.34. The maximum atomic E-state index is 13.8. The van der Waals surface area contributed by atoms with E-state index in [0.717, 1.165) is 35.2 Å². The minimum absolute atomic E-state index is 0.249. The topological polar surface area (TPSA) is 0 Å². The lowest BCUT2D eigenvalue weighted by Gasteiger charge is -2.45. The number of hydrogen-bond donors (Lipinski definition) is 0. The zero-order valence-electron chi connectivity index (χ0n) is 18.4. The molecule has 4 atom stereocenters. The average molecular weight is 419 g/mol. The van der Waals surface area contributed by atoms with Crippen LogP contribution in [-0.4, -0.2) is 0 Å². The highest BCUT2D eigenvalue weighted by Crippen LogP contribution is 2.50. The molecule has 3 aliphatic rings. The molecule has 0 radical (unpaired) electrons. The number of hydrogen-bond acceptors (Lipinski definition) is 0. The first kappa shape index (κ1) is 21.7. The average Bonchev–Trinajstić information content (AvgIpc) is 2.75. The van der Waals surface area contributed by atoms with Gasteiger partial charge in [0, 0.05) is 0 Å². The quantitative estimate of drug-likeness (QED) is 0.404. The van der Waals surface area contributed by atoms with Gasteiger partial charge >= 0.3 is 0 Å². The molecular formula is C27H40ClF. The van der Waals surface area contributed by atoms with Crippen molar-refractivity contribution in [2.24, 2.45) is 29.6 Å². The fraction of sp³-hybridized carbons (Fsp3) is 0.778. The lowest BCUT2D eigenvalue weighted by molar-refractivity contribution is 0.0614. The van der Waals surface area contributed by atoms with Gasteiger partial charge < -0.3 is 0 Å². The molecule has 162 valence electrons. The second-order valence-corrected chi connectivity index (χ2v) is 11.0. The van der Waals surface area contributed by atoms with Crippen molar-refractivity contribution in [3.8, 4) is 0 Å². The van der Waals surface area contributed by atoms with E-state index in [2.05, 4.69) is 6.92 Å². The second kappa shape index (κ2) is 10.2. The van der Waals surface area contributed by atoms with Crippen molar-refractivity contribution in [1.29, 1.82) is 0 Å². The van der Waals surface area contributed by atoms with Gasteiger partial charge in [-0.3, -0.25) is 0 Å². The van der Waals surface area contributed by atoms with E-state index in [4.69, 9.17) is 11.6 Å². The van der Waals surface area contributed by atoms with Gasteiger partial charge in [-0.05, 0) is 111 Å². The van der Waals surface area contributed by atoms with E-state index in [0.29, 0.717) is 5.92 Å². The van der Waals surface area contributed by atoms with Crippen LogP contribution in [-0.2, 0) is 0 Å². The zero-order valence-corrected chi connectivity index (χ0v) is 19.1. The van der Waals surface area contributed by atoms with E-state index in [-0.39, 0.29) is 10.8 Å². The monoisotopic (exact) mass is 418 g/mol. The van der Waals surface area contributed by atoms with Crippen LogP contribution >= 0.6 is 11.6 Å². The fourth-order valence-electron chi connectivity index (χ4n) is 7.09. The summed E-state index contributed by atoms with van der Waals surface area (Å²) in [6.07, 6.45) is 19.9. The Kier molecular flexibility index (Phi) is 7.59. The summed E-state index contributed by atoms with van der Waals surface area (Å²) >= 11 is 5.87. The number of rotatable bonds is 6. The Labute approximate surface area is 183 Å². The molecule has 2 heteroatoms. The molecular weight excluding hydrogens is 379 g/mol. The maximum Gasteiger partial charge on any atom is 0.142 e. The Morgan fingerprint density at radius 2 is 1.48 bits per heavy atom. The molecule has 0 N–H and O–H groups in total. The summed E-state index contributed by atoms with van der Waals surface area (Å²) in [5, 5.41) is 0.249. The van der Waals surface area contributed by atoms with Gasteiger partial charge in [0.05, 0.1) is 5.02 Å². The van der Waals surface area contributed by atoms with E-state index < -0.39 is 0 Å². The van der Waals surface area contributed by atoms with Crippen LogP contribution in [0, 0.1) is 35.4 Å². The first-order valence-electron chi connectivity index (χ1n) is 12.6. The van der Waals surface area contributed by atoms with Crippen molar-refractivity contribution in [3.05, 3.63) is 34.6 Å². The molecule has 0 amide bonds. The lowest BCUT2D eigenvalue weighted by atomic mass is 9.60. The highest BCUT2D eigenvalue weighted by molar-refractivity contribution is 6.30.